The van der Waals surface area contributed by atoms with Crippen molar-refractivity contribution in [3.63, 3.8) is 0 Å². The fraction of sp³-hybridized carbons (Fsp3) is 0.812. The third-order valence-electron chi connectivity index (χ3n) is 4.16. The highest BCUT2D eigenvalue weighted by molar-refractivity contribution is 5.24. The van der Waals surface area contributed by atoms with Crippen molar-refractivity contribution < 1.29 is 4.74 Å². The molecule has 0 bridgehead atoms. The summed E-state index contributed by atoms with van der Waals surface area (Å²) in [5, 5.41) is 8.26. The van der Waals surface area contributed by atoms with Crippen LogP contribution in [0.2, 0.25) is 0 Å². The maximum atomic E-state index is 5.43. The van der Waals surface area contributed by atoms with Gasteiger partial charge in [0.15, 0.2) is 0 Å². The smallest absolute Gasteiger partial charge is 0.0641 e. The van der Waals surface area contributed by atoms with E-state index in [0.29, 0.717) is 5.92 Å². The molecule has 0 amide bonds. The van der Waals surface area contributed by atoms with Gasteiger partial charge in [-0.3, -0.25) is 4.68 Å². The molecule has 2 rings (SSSR count). The number of nitrogens with one attached hydrogen (secondary N) is 1. The molecule has 0 saturated carbocycles. The quantitative estimate of drug-likeness (QED) is 0.870. The van der Waals surface area contributed by atoms with E-state index in [4.69, 9.17) is 9.84 Å². The van der Waals surface area contributed by atoms with Crippen molar-refractivity contribution in [3.8, 4) is 0 Å². The Bertz CT molecular complexity index is 420. The van der Waals surface area contributed by atoms with Crippen molar-refractivity contribution in [2.75, 3.05) is 19.8 Å². The molecule has 0 atom stereocenters. The molecule has 0 spiro atoms. The summed E-state index contributed by atoms with van der Waals surface area (Å²) >= 11 is 0. The van der Waals surface area contributed by atoms with E-state index in [1.54, 1.807) is 0 Å². The summed E-state index contributed by atoms with van der Waals surface area (Å²) < 4.78 is 7.64. The molecule has 2 heterocycles. The van der Waals surface area contributed by atoms with E-state index < -0.39 is 0 Å². The predicted octanol–water partition coefficient (Wildman–Crippen LogP) is 2.67. The number of rotatable bonds is 6. The first-order valence-electron chi connectivity index (χ1n) is 7.89. The number of ether oxygens (including phenoxy) is 1. The van der Waals surface area contributed by atoms with Crippen LogP contribution >= 0.6 is 0 Å². The molecule has 0 aromatic carbocycles. The second-order valence-corrected chi connectivity index (χ2v) is 6.41. The van der Waals surface area contributed by atoms with Gasteiger partial charge in [-0.05, 0) is 45.1 Å². The number of nitrogens with zero attached hydrogens (tertiary/aromatic N) is 2. The minimum atomic E-state index is 0.688. The van der Waals surface area contributed by atoms with E-state index in [9.17, 15) is 0 Å². The van der Waals surface area contributed by atoms with Crippen LogP contribution in [0, 0.1) is 25.7 Å². The molecule has 1 aliphatic heterocycles. The average molecular weight is 279 g/mol. The van der Waals surface area contributed by atoms with E-state index in [-0.39, 0.29) is 0 Å². The molecular weight excluding hydrogens is 250 g/mol. The fourth-order valence-corrected chi connectivity index (χ4v) is 2.83. The summed E-state index contributed by atoms with van der Waals surface area (Å²) in [6.45, 7) is 13.7. The summed E-state index contributed by atoms with van der Waals surface area (Å²) in [7, 11) is 0. The molecule has 20 heavy (non-hydrogen) atoms. The molecule has 4 heteroatoms. The Morgan fingerprint density at radius 2 is 2.00 bits per heavy atom. The molecule has 0 aliphatic carbocycles. The lowest BCUT2D eigenvalue weighted by Gasteiger charge is -2.22. The van der Waals surface area contributed by atoms with Crippen LogP contribution in [0.5, 0.6) is 0 Å². The van der Waals surface area contributed by atoms with Crippen LogP contribution in [0.1, 0.15) is 43.6 Å². The first-order valence-corrected chi connectivity index (χ1v) is 7.89. The lowest BCUT2D eigenvalue weighted by Crippen LogP contribution is -2.22. The lowest BCUT2D eigenvalue weighted by atomic mass is 10.0. The molecule has 1 aliphatic rings. The molecule has 0 unspecified atom stereocenters. The molecule has 114 valence electrons. The SMILES string of the molecule is Cc1nn(CC2CCOCC2)c(C)c1CNCC(C)C. The second kappa shape index (κ2) is 7.23. The molecule has 1 N–H and O–H groups in total. The number of hydrogen-bond acceptors (Lipinski definition) is 3. The Labute approximate surface area is 122 Å². The van der Waals surface area contributed by atoms with Crippen molar-refractivity contribution in [1.29, 1.82) is 0 Å². The highest BCUT2D eigenvalue weighted by Crippen LogP contribution is 2.20. The molecular formula is C16H29N3O. The average Bonchev–Trinajstić information content (AvgIpc) is 2.67. The highest BCUT2D eigenvalue weighted by atomic mass is 16.5. The van der Waals surface area contributed by atoms with Crippen LogP contribution in [-0.4, -0.2) is 29.5 Å². The third kappa shape index (κ3) is 4.06. The van der Waals surface area contributed by atoms with Gasteiger partial charge in [-0.15, -0.1) is 0 Å². The van der Waals surface area contributed by atoms with Gasteiger partial charge in [-0.25, -0.2) is 0 Å². The van der Waals surface area contributed by atoms with Gasteiger partial charge >= 0.3 is 0 Å². The predicted molar refractivity (Wildman–Crippen MR) is 81.8 cm³/mol. The first kappa shape index (κ1) is 15.5. The summed E-state index contributed by atoms with van der Waals surface area (Å²) in [5.41, 5.74) is 3.87. The van der Waals surface area contributed by atoms with Crippen LogP contribution in [0.15, 0.2) is 0 Å². The van der Waals surface area contributed by atoms with Gasteiger partial charge in [0, 0.05) is 37.6 Å². The van der Waals surface area contributed by atoms with Gasteiger partial charge in [-0.1, -0.05) is 13.8 Å². The Kier molecular flexibility index (Phi) is 5.61. The van der Waals surface area contributed by atoms with Crippen LogP contribution in [0.25, 0.3) is 0 Å². The topological polar surface area (TPSA) is 39.1 Å². The van der Waals surface area contributed by atoms with Crippen molar-refractivity contribution in [1.82, 2.24) is 15.1 Å². The Morgan fingerprint density at radius 3 is 2.65 bits per heavy atom. The molecule has 1 aromatic heterocycles. The van der Waals surface area contributed by atoms with Gasteiger partial charge in [0.05, 0.1) is 5.69 Å². The van der Waals surface area contributed by atoms with Crippen LogP contribution in [0.4, 0.5) is 0 Å². The van der Waals surface area contributed by atoms with Crippen LogP contribution in [-0.2, 0) is 17.8 Å². The monoisotopic (exact) mass is 279 g/mol. The molecule has 1 aromatic rings. The van der Waals surface area contributed by atoms with Crippen molar-refractivity contribution >= 4 is 0 Å². The van der Waals surface area contributed by atoms with Gasteiger partial charge in [0.1, 0.15) is 0 Å². The third-order valence-corrected chi connectivity index (χ3v) is 4.16. The van der Waals surface area contributed by atoms with Gasteiger partial charge in [-0.2, -0.15) is 5.10 Å². The summed E-state index contributed by atoms with van der Waals surface area (Å²) in [6.07, 6.45) is 2.33. The zero-order valence-electron chi connectivity index (χ0n) is 13.4. The molecule has 4 nitrogen and oxygen atoms in total. The van der Waals surface area contributed by atoms with Crippen LogP contribution < -0.4 is 5.32 Å². The molecule has 0 radical (unpaired) electrons. The van der Waals surface area contributed by atoms with E-state index in [1.165, 1.54) is 29.8 Å². The summed E-state index contributed by atoms with van der Waals surface area (Å²) in [6, 6.07) is 0. The zero-order valence-corrected chi connectivity index (χ0v) is 13.4. The molecule has 1 saturated heterocycles. The van der Waals surface area contributed by atoms with Gasteiger partial charge in [0.25, 0.3) is 0 Å². The minimum absolute atomic E-state index is 0.688. The van der Waals surface area contributed by atoms with Crippen molar-refractivity contribution in [2.45, 2.75) is 53.6 Å². The van der Waals surface area contributed by atoms with Gasteiger partial charge in [0.2, 0.25) is 0 Å². The Hall–Kier alpha value is -0.870. The largest absolute Gasteiger partial charge is 0.381 e. The highest BCUT2D eigenvalue weighted by Gasteiger charge is 2.18. The number of aromatic nitrogens is 2. The van der Waals surface area contributed by atoms with E-state index in [0.717, 1.165) is 38.8 Å². The Balaban J connectivity index is 1.96. The van der Waals surface area contributed by atoms with E-state index in [1.807, 2.05) is 0 Å². The number of hydrogen-bond donors (Lipinski definition) is 1. The van der Waals surface area contributed by atoms with Crippen molar-refractivity contribution in [3.05, 3.63) is 17.0 Å². The number of aryl methyl sites for hydroxylation is 1. The maximum absolute atomic E-state index is 5.43. The first-order chi connectivity index (χ1) is 9.58. The van der Waals surface area contributed by atoms with E-state index in [2.05, 4.69) is 37.7 Å². The Morgan fingerprint density at radius 1 is 1.30 bits per heavy atom. The summed E-state index contributed by atoms with van der Waals surface area (Å²) in [4.78, 5) is 0. The minimum Gasteiger partial charge on any atom is -0.381 e. The van der Waals surface area contributed by atoms with Crippen molar-refractivity contribution in [2.24, 2.45) is 11.8 Å². The summed E-state index contributed by atoms with van der Waals surface area (Å²) in [5.74, 6) is 1.41. The maximum Gasteiger partial charge on any atom is 0.0641 e. The fourth-order valence-electron chi connectivity index (χ4n) is 2.83. The molecule has 1 fully saturated rings. The van der Waals surface area contributed by atoms with Gasteiger partial charge < -0.3 is 10.1 Å². The second-order valence-electron chi connectivity index (χ2n) is 6.41. The standard InChI is InChI=1S/C16H29N3O/c1-12(2)9-17-10-16-13(3)18-19(14(16)4)11-15-5-7-20-8-6-15/h12,15,17H,5-11H2,1-4H3. The zero-order chi connectivity index (χ0) is 14.5. The van der Waals surface area contributed by atoms with E-state index >= 15 is 0 Å². The lowest BCUT2D eigenvalue weighted by molar-refractivity contribution is 0.0599. The van der Waals surface area contributed by atoms with Crippen LogP contribution in [0.3, 0.4) is 0 Å². The normalized spacial score (nSPS) is 17.1.